The molecular formula is C13H16BrNO3S. The summed E-state index contributed by atoms with van der Waals surface area (Å²) in [5, 5.41) is 11.4. The van der Waals surface area contributed by atoms with E-state index in [1.165, 1.54) is 11.3 Å². The number of aliphatic carboxylic acids is 1. The fourth-order valence-electron chi connectivity index (χ4n) is 2.62. The zero-order valence-electron chi connectivity index (χ0n) is 10.6. The minimum Gasteiger partial charge on any atom is -0.481 e. The van der Waals surface area contributed by atoms with E-state index in [1.807, 2.05) is 18.4 Å². The third kappa shape index (κ3) is 2.84. The van der Waals surface area contributed by atoms with Crippen LogP contribution in [0.4, 0.5) is 0 Å². The third-order valence-electron chi connectivity index (χ3n) is 3.51. The van der Waals surface area contributed by atoms with Crippen molar-refractivity contribution >= 4 is 39.1 Å². The van der Waals surface area contributed by atoms with Crippen LogP contribution in [0.2, 0.25) is 0 Å². The van der Waals surface area contributed by atoms with Crippen LogP contribution in [0.5, 0.6) is 0 Å². The van der Waals surface area contributed by atoms with Gasteiger partial charge in [-0.1, -0.05) is 0 Å². The van der Waals surface area contributed by atoms with Crippen molar-refractivity contribution in [3.63, 3.8) is 0 Å². The molecule has 1 amide bonds. The molecule has 1 N–H and O–H groups in total. The Hall–Kier alpha value is -0.880. The largest absolute Gasteiger partial charge is 0.481 e. The standard InChI is InChI=1S/C13H16BrNO3S/c1-2-15-10(16)5-3-4-8(13(17)18)11(15)12-9(14)6-7-19-12/h6-8,11H,2-5H2,1H3,(H,17,18). The van der Waals surface area contributed by atoms with Crippen molar-refractivity contribution in [2.45, 2.75) is 32.2 Å². The van der Waals surface area contributed by atoms with Gasteiger partial charge in [0.2, 0.25) is 5.91 Å². The number of rotatable bonds is 3. The molecule has 0 aromatic carbocycles. The molecule has 1 aromatic rings. The van der Waals surface area contributed by atoms with E-state index in [4.69, 9.17) is 0 Å². The maximum absolute atomic E-state index is 12.2. The molecule has 1 saturated heterocycles. The van der Waals surface area contributed by atoms with Crippen molar-refractivity contribution in [3.05, 3.63) is 20.8 Å². The van der Waals surface area contributed by atoms with Crippen molar-refractivity contribution in [2.24, 2.45) is 5.92 Å². The summed E-state index contributed by atoms with van der Waals surface area (Å²) in [7, 11) is 0. The first-order valence-electron chi connectivity index (χ1n) is 6.31. The third-order valence-corrected chi connectivity index (χ3v) is 5.46. The summed E-state index contributed by atoms with van der Waals surface area (Å²) < 4.78 is 0.891. The van der Waals surface area contributed by atoms with Crippen LogP contribution in [0.3, 0.4) is 0 Å². The number of carbonyl (C=O) groups excluding carboxylic acids is 1. The number of hydrogen-bond donors (Lipinski definition) is 1. The molecule has 104 valence electrons. The second-order valence-corrected chi connectivity index (χ2v) is 6.40. The molecule has 0 aliphatic carbocycles. The van der Waals surface area contributed by atoms with Crippen molar-refractivity contribution in [3.8, 4) is 0 Å². The second-order valence-electron chi connectivity index (χ2n) is 4.59. The van der Waals surface area contributed by atoms with E-state index in [0.717, 1.165) is 9.35 Å². The van der Waals surface area contributed by atoms with Crippen molar-refractivity contribution in [2.75, 3.05) is 6.54 Å². The molecule has 1 fully saturated rings. The fourth-order valence-corrected chi connectivity index (χ4v) is 4.40. The van der Waals surface area contributed by atoms with Crippen LogP contribution in [-0.4, -0.2) is 28.4 Å². The maximum Gasteiger partial charge on any atom is 0.308 e. The van der Waals surface area contributed by atoms with E-state index in [-0.39, 0.29) is 11.9 Å². The highest BCUT2D eigenvalue weighted by atomic mass is 79.9. The highest BCUT2D eigenvalue weighted by Crippen LogP contribution is 2.41. The molecule has 1 aliphatic rings. The number of halogens is 1. The summed E-state index contributed by atoms with van der Waals surface area (Å²) in [6, 6.07) is 1.55. The minimum atomic E-state index is -0.821. The van der Waals surface area contributed by atoms with Gasteiger partial charge in [0.25, 0.3) is 0 Å². The molecule has 0 saturated carbocycles. The van der Waals surface area contributed by atoms with Crippen LogP contribution < -0.4 is 0 Å². The topological polar surface area (TPSA) is 57.6 Å². The number of amides is 1. The molecule has 4 nitrogen and oxygen atoms in total. The number of thiophene rings is 1. The molecule has 6 heteroatoms. The van der Waals surface area contributed by atoms with E-state index in [0.29, 0.717) is 25.8 Å². The first-order valence-corrected chi connectivity index (χ1v) is 7.98. The smallest absolute Gasteiger partial charge is 0.308 e. The molecule has 2 atom stereocenters. The van der Waals surface area contributed by atoms with Gasteiger partial charge in [0.15, 0.2) is 0 Å². The molecule has 2 unspecified atom stereocenters. The molecule has 2 heterocycles. The van der Waals surface area contributed by atoms with Crippen LogP contribution in [0.1, 0.15) is 37.1 Å². The van der Waals surface area contributed by atoms with Gasteiger partial charge < -0.3 is 10.0 Å². The quantitative estimate of drug-likeness (QED) is 0.914. The van der Waals surface area contributed by atoms with E-state index < -0.39 is 11.9 Å². The summed E-state index contributed by atoms with van der Waals surface area (Å²) in [6.07, 6.45) is 1.63. The highest BCUT2D eigenvalue weighted by molar-refractivity contribution is 9.10. The van der Waals surface area contributed by atoms with Crippen LogP contribution in [-0.2, 0) is 9.59 Å². The number of carboxylic acids is 1. The summed E-state index contributed by atoms with van der Waals surface area (Å²) in [4.78, 5) is 26.3. The van der Waals surface area contributed by atoms with Crippen LogP contribution in [0, 0.1) is 5.92 Å². The molecule has 0 spiro atoms. The maximum atomic E-state index is 12.2. The first-order chi connectivity index (χ1) is 9.06. The SMILES string of the molecule is CCN1C(=O)CCCC(C(=O)O)C1c1sccc1Br. The lowest BCUT2D eigenvalue weighted by molar-refractivity contribution is -0.145. The zero-order chi connectivity index (χ0) is 14.0. The van der Waals surface area contributed by atoms with Crippen molar-refractivity contribution in [1.82, 2.24) is 4.90 Å². The number of hydrogen-bond acceptors (Lipinski definition) is 3. The lowest BCUT2D eigenvalue weighted by Crippen LogP contribution is -2.38. The highest BCUT2D eigenvalue weighted by Gasteiger charge is 2.39. The van der Waals surface area contributed by atoms with E-state index in [9.17, 15) is 14.7 Å². The zero-order valence-corrected chi connectivity index (χ0v) is 13.0. The molecule has 0 radical (unpaired) electrons. The number of carbonyl (C=O) groups is 2. The molecule has 2 rings (SSSR count). The number of likely N-dealkylation sites (tertiary alicyclic amines) is 1. The van der Waals surface area contributed by atoms with Crippen molar-refractivity contribution in [1.29, 1.82) is 0 Å². The first kappa shape index (κ1) is 14.5. The Morgan fingerprint density at radius 2 is 2.37 bits per heavy atom. The Kier molecular flexibility index (Phi) is 4.62. The van der Waals surface area contributed by atoms with Gasteiger partial charge in [0.05, 0.1) is 12.0 Å². The van der Waals surface area contributed by atoms with Gasteiger partial charge in [-0.25, -0.2) is 0 Å². The van der Waals surface area contributed by atoms with Gasteiger partial charge in [0, 0.05) is 22.3 Å². The van der Waals surface area contributed by atoms with Gasteiger partial charge in [-0.05, 0) is 47.1 Å². The fraction of sp³-hybridized carbons (Fsp3) is 0.538. The van der Waals surface area contributed by atoms with Gasteiger partial charge in [-0.15, -0.1) is 11.3 Å². The summed E-state index contributed by atoms with van der Waals surface area (Å²) in [6.45, 7) is 2.44. The average molecular weight is 346 g/mol. The van der Waals surface area contributed by atoms with Crippen LogP contribution in [0.25, 0.3) is 0 Å². The van der Waals surface area contributed by atoms with Crippen molar-refractivity contribution < 1.29 is 14.7 Å². The van der Waals surface area contributed by atoms with Gasteiger partial charge >= 0.3 is 5.97 Å². The lowest BCUT2D eigenvalue weighted by Gasteiger charge is -2.32. The minimum absolute atomic E-state index is 0.0524. The number of carboxylic acid groups (broad SMARTS) is 1. The van der Waals surface area contributed by atoms with Gasteiger partial charge in [-0.2, -0.15) is 0 Å². The van der Waals surface area contributed by atoms with Crippen LogP contribution >= 0.6 is 27.3 Å². The predicted molar refractivity (Wildman–Crippen MR) is 77.1 cm³/mol. The summed E-state index contributed by atoms with van der Waals surface area (Å²) in [5.74, 6) is -1.30. The van der Waals surface area contributed by atoms with E-state index in [1.54, 1.807) is 4.90 Å². The van der Waals surface area contributed by atoms with Gasteiger partial charge in [-0.3, -0.25) is 9.59 Å². The number of nitrogens with zero attached hydrogens (tertiary/aromatic N) is 1. The van der Waals surface area contributed by atoms with E-state index >= 15 is 0 Å². The monoisotopic (exact) mass is 345 g/mol. The Labute approximate surface area is 124 Å². The summed E-state index contributed by atoms with van der Waals surface area (Å²) >= 11 is 4.96. The Morgan fingerprint density at radius 3 is 2.89 bits per heavy atom. The Morgan fingerprint density at radius 1 is 1.63 bits per heavy atom. The van der Waals surface area contributed by atoms with Gasteiger partial charge in [0.1, 0.15) is 0 Å². The summed E-state index contributed by atoms with van der Waals surface area (Å²) in [5.41, 5.74) is 0. The van der Waals surface area contributed by atoms with E-state index in [2.05, 4.69) is 15.9 Å². The molecule has 1 aliphatic heterocycles. The lowest BCUT2D eigenvalue weighted by atomic mass is 9.93. The molecule has 1 aromatic heterocycles. The molecular weight excluding hydrogens is 330 g/mol. The Balaban J connectivity index is 2.47. The predicted octanol–water partition coefficient (Wildman–Crippen LogP) is 3.28. The Bertz CT molecular complexity index is 486. The molecule has 0 bridgehead atoms. The second kappa shape index (κ2) is 6.05. The van der Waals surface area contributed by atoms with Crippen LogP contribution in [0.15, 0.2) is 15.9 Å². The normalized spacial score (nSPS) is 24.3. The molecule has 19 heavy (non-hydrogen) atoms. The average Bonchev–Trinajstić information content (AvgIpc) is 2.69.